The molecule has 0 fully saturated rings. The van der Waals surface area contributed by atoms with Crippen LogP contribution in [0.25, 0.3) is 0 Å². The van der Waals surface area contributed by atoms with Crippen molar-refractivity contribution in [1.29, 1.82) is 0 Å². The van der Waals surface area contributed by atoms with E-state index in [9.17, 15) is 20.3 Å². The van der Waals surface area contributed by atoms with E-state index in [-0.39, 0.29) is 36.4 Å². The summed E-state index contributed by atoms with van der Waals surface area (Å²) in [6.45, 7) is 2.49. The Bertz CT molecular complexity index is 482. The number of aryl methyl sites for hydroxylation is 1. The molecule has 0 aromatic carbocycles. The summed E-state index contributed by atoms with van der Waals surface area (Å²) in [6.07, 6.45) is 0.370. The van der Waals surface area contributed by atoms with Gasteiger partial charge >= 0.3 is 5.69 Å². The maximum atomic E-state index is 11.1. The number of hydrogen-bond acceptors (Lipinski definition) is 8. The fraction of sp³-hybridized carbons (Fsp3) is 0.636. The van der Waals surface area contributed by atoms with Crippen molar-refractivity contribution >= 4 is 17.5 Å². The van der Waals surface area contributed by atoms with E-state index in [1.807, 2.05) is 0 Å². The molecule has 0 amide bonds. The molecule has 0 saturated carbocycles. The molecule has 0 aliphatic heterocycles. The summed E-state index contributed by atoms with van der Waals surface area (Å²) in [7, 11) is 1.59. The molecule has 0 spiro atoms. The number of nitro groups is 1. The number of aliphatic hydroxyl groups excluding tert-OH is 2. The van der Waals surface area contributed by atoms with Gasteiger partial charge in [-0.3, -0.25) is 10.1 Å². The first kappa shape index (κ1) is 16.1. The first-order valence-electron chi connectivity index (χ1n) is 6.13. The van der Waals surface area contributed by atoms with Crippen molar-refractivity contribution in [3.63, 3.8) is 0 Å². The molecule has 1 heterocycles. The van der Waals surface area contributed by atoms with Crippen molar-refractivity contribution in [2.24, 2.45) is 0 Å². The zero-order valence-electron chi connectivity index (χ0n) is 11.7. The lowest BCUT2D eigenvalue weighted by Crippen LogP contribution is -2.45. The van der Waals surface area contributed by atoms with Crippen molar-refractivity contribution in [2.45, 2.75) is 25.8 Å². The number of nitrogens with one attached hydrogen (secondary N) is 2. The largest absolute Gasteiger partial charge is 0.394 e. The van der Waals surface area contributed by atoms with Gasteiger partial charge in [-0.05, 0) is 13.3 Å². The van der Waals surface area contributed by atoms with Crippen LogP contribution in [-0.2, 0) is 0 Å². The normalized spacial score (nSPS) is 11.2. The van der Waals surface area contributed by atoms with Crippen LogP contribution in [0.2, 0.25) is 0 Å². The summed E-state index contributed by atoms with van der Waals surface area (Å²) in [5, 5.41) is 35.4. The van der Waals surface area contributed by atoms with E-state index >= 15 is 0 Å². The molecule has 0 saturated heterocycles. The van der Waals surface area contributed by atoms with Crippen LogP contribution in [0.4, 0.5) is 17.5 Å². The van der Waals surface area contributed by atoms with Crippen LogP contribution in [0, 0.1) is 17.0 Å². The molecular weight excluding hydrogens is 266 g/mol. The van der Waals surface area contributed by atoms with E-state index in [1.54, 1.807) is 14.0 Å². The highest BCUT2D eigenvalue weighted by atomic mass is 16.6. The first-order chi connectivity index (χ1) is 9.42. The summed E-state index contributed by atoms with van der Waals surface area (Å²) in [5.41, 5.74) is -1.15. The molecule has 112 valence electrons. The van der Waals surface area contributed by atoms with Crippen molar-refractivity contribution in [3.8, 4) is 0 Å². The highest BCUT2D eigenvalue weighted by Gasteiger charge is 2.32. The molecule has 0 unspecified atom stereocenters. The maximum Gasteiger partial charge on any atom is 0.332 e. The number of rotatable bonds is 7. The quantitative estimate of drug-likeness (QED) is 0.414. The fourth-order valence-electron chi connectivity index (χ4n) is 1.68. The van der Waals surface area contributed by atoms with Crippen LogP contribution < -0.4 is 10.6 Å². The molecule has 1 rings (SSSR count). The topological polar surface area (TPSA) is 133 Å². The summed E-state index contributed by atoms with van der Waals surface area (Å²) in [4.78, 5) is 18.5. The van der Waals surface area contributed by atoms with Crippen LogP contribution in [0.15, 0.2) is 0 Å². The Hall–Kier alpha value is -2.00. The molecule has 20 heavy (non-hydrogen) atoms. The summed E-state index contributed by atoms with van der Waals surface area (Å²) in [5.74, 6) is 0.188. The van der Waals surface area contributed by atoms with Crippen molar-refractivity contribution in [2.75, 3.05) is 30.9 Å². The SMILES string of the molecule is CCC(CO)(CO)Nc1nc(NC)nc(C)c1[N+](=O)[O-]. The first-order valence-corrected chi connectivity index (χ1v) is 6.13. The highest BCUT2D eigenvalue weighted by Crippen LogP contribution is 2.29. The third-order valence-corrected chi connectivity index (χ3v) is 3.13. The molecule has 0 aliphatic rings. The molecule has 0 bridgehead atoms. The summed E-state index contributed by atoms with van der Waals surface area (Å²) >= 11 is 0. The van der Waals surface area contributed by atoms with E-state index < -0.39 is 10.5 Å². The number of aromatic nitrogens is 2. The fourth-order valence-corrected chi connectivity index (χ4v) is 1.68. The predicted octanol–water partition coefficient (Wildman–Crippen LogP) is 0.280. The molecule has 9 nitrogen and oxygen atoms in total. The van der Waals surface area contributed by atoms with E-state index in [2.05, 4.69) is 20.6 Å². The lowest BCUT2D eigenvalue weighted by Gasteiger charge is -2.30. The lowest BCUT2D eigenvalue weighted by molar-refractivity contribution is -0.385. The Morgan fingerprint density at radius 3 is 2.35 bits per heavy atom. The zero-order chi connectivity index (χ0) is 15.3. The van der Waals surface area contributed by atoms with Crippen molar-refractivity contribution in [3.05, 3.63) is 15.8 Å². The maximum absolute atomic E-state index is 11.1. The smallest absolute Gasteiger partial charge is 0.332 e. The van der Waals surface area contributed by atoms with Gasteiger partial charge in [0.05, 0.1) is 23.7 Å². The second-order valence-corrected chi connectivity index (χ2v) is 4.41. The van der Waals surface area contributed by atoms with Gasteiger partial charge in [-0.25, -0.2) is 4.98 Å². The van der Waals surface area contributed by atoms with E-state index in [0.29, 0.717) is 6.42 Å². The highest BCUT2D eigenvalue weighted by molar-refractivity contribution is 5.62. The number of aliphatic hydroxyl groups is 2. The van der Waals surface area contributed by atoms with Crippen LogP contribution in [0.1, 0.15) is 19.0 Å². The van der Waals surface area contributed by atoms with Crippen molar-refractivity contribution in [1.82, 2.24) is 9.97 Å². The Labute approximate surface area is 116 Å². The van der Waals surface area contributed by atoms with E-state index in [0.717, 1.165) is 0 Å². The minimum atomic E-state index is -1.07. The minimum absolute atomic E-state index is 0.0307. The third-order valence-electron chi connectivity index (χ3n) is 3.13. The molecule has 1 aromatic rings. The Morgan fingerprint density at radius 1 is 1.35 bits per heavy atom. The molecular formula is C11H19N5O4. The molecule has 0 aliphatic carbocycles. The van der Waals surface area contributed by atoms with Crippen LogP contribution in [0.5, 0.6) is 0 Å². The second-order valence-electron chi connectivity index (χ2n) is 4.41. The molecule has 0 radical (unpaired) electrons. The lowest BCUT2D eigenvalue weighted by atomic mass is 9.98. The molecule has 4 N–H and O–H groups in total. The Morgan fingerprint density at radius 2 is 1.95 bits per heavy atom. The third kappa shape index (κ3) is 3.11. The van der Waals surface area contributed by atoms with Gasteiger partial charge in [0.1, 0.15) is 5.69 Å². The van der Waals surface area contributed by atoms with Crippen LogP contribution >= 0.6 is 0 Å². The van der Waals surface area contributed by atoms with Gasteiger partial charge in [0.25, 0.3) is 0 Å². The van der Waals surface area contributed by atoms with E-state index in [4.69, 9.17) is 0 Å². The van der Waals surface area contributed by atoms with Gasteiger partial charge < -0.3 is 20.8 Å². The van der Waals surface area contributed by atoms with Gasteiger partial charge in [-0.2, -0.15) is 4.98 Å². The zero-order valence-corrected chi connectivity index (χ0v) is 11.7. The molecule has 1 aromatic heterocycles. The minimum Gasteiger partial charge on any atom is -0.394 e. The van der Waals surface area contributed by atoms with Crippen LogP contribution in [0.3, 0.4) is 0 Å². The summed E-state index contributed by atoms with van der Waals surface area (Å²) in [6, 6.07) is 0. The molecule has 0 atom stereocenters. The predicted molar refractivity (Wildman–Crippen MR) is 73.8 cm³/mol. The number of anilines is 2. The van der Waals surface area contributed by atoms with Gasteiger partial charge in [-0.1, -0.05) is 6.92 Å². The Balaban J connectivity index is 3.34. The average Bonchev–Trinajstić information content (AvgIpc) is 2.43. The Kier molecular flexibility index (Phi) is 5.17. The summed E-state index contributed by atoms with van der Waals surface area (Å²) < 4.78 is 0. The average molecular weight is 285 g/mol. The van der Waals surface area contributed by atoms with E-state index in [1.165, 1.54) is 6.92 Å². The van der Waals surface area contributed by atoms with Gasteiger partial charge in [0.15, 0.2) is 0 Å². The number of nitrogens with zero attached hydrogens (tertiary/aromatic N) is 3. The van der Waals surface area contributed by atoms with Gasteiger partial charge in [0.2, 0.25) is 11.8 Å². The second kappa shape index (κ2) is 6.44. The van der Waals surface area contributed by atoms with Crippen molar-refractivity contribution < 1.29 is 15.1 Å². The van der Waals surface area contributed by atoms with Gasteiger partial charge in [-0.15, -0.1) is 0 Å². The van der Waals surface area contributed by atoms with Crippen LogP contribution in [-0.4, -0.2) is 50.9 Å². The van der Waals surface area contributed by atoms with Gasteiger partial charge in [0, 0.05) is 7.05 Å². The standard InChI is InChI=1S/C11H19N5O4/c1-4-11(5-17,6-18)15-9-8(16(19)20)7(2)13-10(12-3)14-9/h17-18H,4-6H2,1-3H3,(H2,12,13,14,15). The molecule has 9 heteroatoms. The monoisotopic (exact) mass is 285 g/mol. The number of hydrogen-bond donors (Lipinski definition) is 4.